The summed E-state index contributed by atoms with van der Waals surface area (Å²) in [5.74, 6) is 5.91. The van der Waals surface area contributed by atoms with Crippen molar-refractivity contribution in [1.82, 2.24) is 5.32 Å². The Morgan fingerprint density at radius 2 is 2.39 bits per heavy atom. The molecule has 0 spiro atoms. The quantitative estimate of drug-likeness (QED) is 0.784. The Morgan fingerprint density at radius 1 is 1.61 bits per heavy atom. The molecule has 0 aliphatic heterocycles. The molecule has 0 aromatic carbocycles. The third-order valence-electron chi connectivity index (χ3n) is 2.21. The average Bonchev–Trinajstić information content (AvgIpc) is 2.82. The Hall–Kier alpha value is -1.35. The molecule has 4 nitrogen and oxygen atoms in total. The molecule has 0 fully saturated rings. The highest BCUT2D eigenvalue weighted by Gasteiger charge is 2.09. The number of nitrogens with two attached hydrogens (primary N) is 1. The minimum absolute atomic E-state index is 0.0660. The van der Waals surface area contributed by atoms with E-state index in [1.165, 1.54) is 11.3 Å². The van der Waals surface area contributed by atoms with Crippen molar-refractivity contribution < 1.29 is 9.53 Å². The molecule has 1 amide bonds. The number of carbonyl (C=O) groups is 1. The van der Waals surface area contributed by atoms with Crippen LogP contribution in [-0.4, -0.2) is 32.7 Å². The monoisotopic (exact) mass is 266 g/mol. The van der Waals surface area contributed by atoms with Crippen LogP contribution in [0.2, 0.25) is 0 Å². The largest absolute Gasteiger partial charge is 0.384 e. The highest BCUT2D eigenvalue weighted by molar-refractivity contribution is 7.14. The number of nitrogens with one attached hydrogen (secondary N) is 1. The van der Waals surface area contributed by atoms with Crippen LogP contribution in [0.15, 0.2) is 12.1 Å². The SMILES string of the molecule is COCC(C)CNC(=O)c1ccc(C#CCN)s1. The smallest absolute Gasteiger partial charge is 0.261 e. The number of rotatable bonds is 5. The van der Waals surface area contributed by atoms with E-state index in [9.17, 15) is 4.79 Å². The van der Waals surface area contributed by atoms with Gasteiger partial charge in [0.15, 0.2) is 0 Å². The summed E-state index contributed by atoms with van der Waals surface area (Å²) in [4.78, 5) is 13.4. The fraction of sp³-hybridized carbons (Fsp3) is 0.462. The summed E-state index contributed by atoms with van der Waals surface area (Å²) in [6, 6.07) is 3.61. The lowest BCUT2D eigenvalue weighted by molar-refractivity contribution is 0.0938. The Bertz CT molecular complexity index is 445. The first-order valence-electron chi connectivity index (χ1n) is 5.73. The molecule has 1 atom stereocenters. The molecule has 0 aliphatic rings. The Morgan fingerprint density at radius 3 is 3.06 bits per heavy atom. The van der Waals surface area contributed by atoms with Gasteiger partial charge >= 0.3 is 0 Å². The van der Waals surface area contributed by atoms with Gasteiger partial charge in [-0.25, -0.2) is 0 Å². The van der Waals surface area contributed by atoms with Gasteiger partial charge in [0.2, 0.25) is 0 Å². The number of methoxy groups -OCH3 is 1. The van der Waals surface area contributed by atoms with E-state index in [0.29, 0.717) is 30.5 Å². The molecule has 0 bridgehead atoms. The average molecular weight is 266 g/mol. The van der Waals surface area contributed by atoms with Crippen LogP contribution in [0.5, 0.6) is 0 Å². The van der Waals surface area contributed by atoms with Gasteiger partial charge in [0.25, 0.3) is 5.91 Å². The minimum atomic E-state index is -0.0660. The molecule has 0 saturated carbocycles. The second kappa shape index (κ2) is 7.88. The number of thiophene rings is 1. The van der Waals surface area contributed by atoms with Crippen LogP contribution in [0, 0.1) is 17.8 Å². The topological polar surface area (TPSA) is 64.3 Å². The van der Waals surface area contributed by atoms with Crippen molar-refractivity contribution in [3.05, 3.63) is 21.9 Å². The second-order valence-electron chi connectivity index (χ2n) is 3.94. The molecule has 1 heterocycles. The predicted octanol–water partition coefficient (Wildman–Crippen LogP) is 1.07. The van der Waals surface area contributed by atoms with Crippen molar-refractivity contribution in [3.8, 4) is 11.8 Å². The van der Waals surface area contributed by atoms with Crippen LogP contribution >= 0.6 is 11.3 Å². The maximum atomic E-state index is 11.8. The van der Waals surface area contributed by atoms with Crippen LogP contribution in [0.4, 0.5) is 0 Å². The molecule has 0 saturated heterocycles. The zero-order chi connectivity index (χ0) is 13.4. The Balaban J connectivity index is 2.49. The van der Waals surface area contributed by atoms with Gasteiger partial charge in [-0.15, -0.1) is 11.3 Å². The third kappa shape index (κ3) is 4.88. The summed E-state index contributed by atoms with van der Waals surface area (Å²) in [6.07, 6.45) is 0. The summed E-state index contributed by atoms with van der Waals surface area (Å²) < 4.78 is 5.01. The number of hydrogen-bond acceptors (Lipinski definition) is 4. The highest BCUT2D eigenvalue weighted by atomic mass is 32.1. The minimum Gasteiger partial charge on any atom is -0.384 e. The fourth-order valence-corrected chi connectivity index (χ4v) is 2.16. The van der Waals surface area contributed by atoms with E-state index < -0.39 is 0 Å². The zero-order valence-electron chi connectivity index (χ0n) is 10.7. The van der Waals surface area contributed by atoms with Gasteiger partial charge in [0, 0.05) is 13.7 Å². The van der Waals surface area contributed by atoms with E-state index in [4.69, 9.17) is 10.5 Å². The van der Waals surface area contributed by atoms with Gasteiger partial charge in [0.05, 0.1) is 22.9 Å². The first kappa shape index (κ1) is 14.7. The van der Waals surface area contributed by atoms with Gasteiger partial charge in [-0.05, 0) is 18.1 Å². The number of ether oxygens (including phenoxy) is 1. The fourth-order valence-electron chi connectivity index (χ4n) is 1.36. The number of carbonyl (C=O) groups excluding carboxylic acids is 1. The Labute approximate surface area is 112 Å². The van der Waals surface area contributed by atoms with E-state index in [-0.39, 0.29) is 5.91 Å². The molecule has 5 heteroatoms. The number of hydrogen-bond donors (Lipinski definition) is 2. The molecule has 18 heavy (non-hydrogen) atoms. The van der Waals surface area contributed by atoms with Crippen molar-refractivity contribution >= 4 is 17.2 Å². The second-order valence-corrected chi connectivity index (χ2v) is 5.02. The van der Waals surface area contributed by atoms with Crippen LogP contribution in [0.3, 0.4) is 0 Å². The van der Waals surface area contributed by atoms with Crippen LogP contribution in [0.25, 0.3) is 0 Å². The van der Waals surface area contributed by atoms with Crippen molar-refractivity contribution in [2.45, 2.75) is 6.92 Å². The third-order valence-corrected chi connectivity index (χ3v) is 3.21. The predicted molar refractivity (Wildman–Crippen MR) is 73.6 cm³/mol. The summed E-state index contributed by atoms with van der Waals surface area (Å²) >= 11 is 1.37. The lowest BCUT2D eigenvalue weighted by atomic mass is 10.2. The summed E-state index contributed by atoms with van der Waals surface area (Å²) in [5.41, 5.74) is 5.29. The summed E-state index contributed by atoms with van der Waals surface area (Å²) in [6.45, 7) is 3.59. The van der Waals surface area contributed by atoms with Gasteiger partial charge in [0.1, 0.15) is 0 Å². The lowest BCUT2D eigenvalue weighted by Gasteiger charge is -2.10. The molecule has 0 radical (unpaired) electrons. The van der Waals surface area contributed by atoms with E-state index in [1.54, 1.807) is 13.2 Å². The molecule has 0 aliphatic carbocycles. The molecule has 3 N–H and O–H groups in total. The normalized spacial score (nSPS) is 11.5. The molecule has 1 aromatic rings. The first-order valence-corrected chi connectivity index (χ1v) is 6.55. The van der Waals surface area contributed by atoms with Gasteiger partial charge in [-0.3, -0.25) is 4.79 Å². The molecule has 1 aromatic heterocycles. The van der Waals surface area contributed by atoms with E-state index in [0.717, 1.165) is 4.88 Å². The maximum Gasteiger partial charge on any atom is 0.261 e. The molecule has 1 unspecified atom stereocenters. The van der Waals surface area contributed by atoms with Crippen molar-refractivity contribution in [2.75, 3.05) is 26.8 Å². The van der Waals surface area contributed by atoms with Crippen LogP contribution in [-0.2, 0) is 4.74 Å². The first-order chi connectivity index (χ1) is 8.67. The summed E-state index contributed by atoms with van der Waals surface area (Å²) in [5, 5.41) is 2.87. The lowest BCUT2D eigenvalue weighted by Crippen LogP contribution is -2.29. The van der Waals surface area contributed by atoms with Crippen LogP contribution < -0.4 is 11.1 Å². The van der Waals surface area contributed by atoms with Gasteiger partial charge in [-0.1, -0.05) is 18.8 Å². The molecular formula is C13H18N2O2S. The van der Waals surface area contributed by atoms with Gasteiger partial charge < -0.3 is 15.8 Å². The van der Waals surface area contributed by atoms with Crippen molar-refractivity contribution in [3.63, 3.8) is 0 Å². The number of amides is 1. The van der Waals surface area contributed by atoms with Crippen LogP contribution in [0.1, 0.15) is 21.5 Å². The summed E-state index contributed by atoms with van der Waals surface area (Å²) in [7, 11) is 1.65. The highest BCUT2D eigenvalue weighted by Crippen LogP contribution is 2.15. The molecule has 98 valence electrons. The maximum absolute atomic E-state index is 11.8. The standard InChI is InChI=1S/C13H18N2O2S/c1-10(9-17-2)8-15-13(16)12-6-5-11(18-12)4-3-7-14/h5-6,10H,7-9,14H2,1-2H3,(H,15,16). The van der Waals surface area contributed by atoms with Crippen molar-refractivity contribution in [1.29, 1.82) is 0 Å². The van der Waals surface area contributed by atoms with E-state index in [2.05, 4.69) is 17.2 Å². The van der Waals surface area contributed by atoms with Crippen molar-refractivity contribution in [2.24, 2.45) is 11.7 Å². The van der Waals surface area contributed by atoms with Gasteiger partial charge in [-0.2, -0.15) is 0 Å². The Kier molecular flexibility index (Phi) is 6.44. The molecular weight excluding hydrogens is 248 g/mol. The zero-order valence-corrected chi connectivity index (χ0v) is 11.5. The van der Waals surface area contributed by atoms with E-state index >= 15 is 0 Å². The van der Waals surface area contributed by atoms with E-state index in [1.807, 2.05) is 13.0 Å². The molecule has 1 rings (SSSR count).